The molecule has 1 aromatic carbocycles. The Hall–Kier alpha value is -1.90. The molecule has 2 fully saturated rings. The van der Waals surface area contributed by atoms with Gasteiger partial charge in [-0.05, 0) is 32.3 Å². The summed E-state index contributed by atoms with van der Waals surface area (Å²) in [6, 6.07) is 8.99. The van der Waals surface area contributed by atoms with Crippen molar-refractivity contribution in [1.82, 2.24) is 9.80 Å². The maximum Gasteiger partial charge on any atom is 0.253 e. The van der Waals surface area contributed by atoms with Crippen molar-refractivity contribution in [2.45, 2.75) is 6.10 Å². The molecule has 2 aliphatic heterocycles. The molecule has 2 saturated heterocycles. The van der Waals surface area contributed by atoms with Gasteiger partial charge in [0.25, 0.3) is 5.91 Å². The number of hydrogen-bond donors (Lipinski definition) is 0. The third-order valence-electron chi connectivity index (χ3n) is 4.56. The lowest BCUT2D eigenvalue weighted by molar-refractivity contribution is 0.0671. The molecule has 2 aliphatic rings. The van der Waals surface area contributed by atoms with Gasteiger partial charge in [0.05, 0.1) is 24.3 Å². The maximum atomic E-state index is 12.6. The highest BCUT2D eigenvalue weighted by atomic mass is 16.5. The van der Waals surface area contributed by atoms with Gasteiger partial charge < -0.3 is 14.5 Å². The van der Waals surface area contributed by atoms with Crippen molar-refractivity contribution in [2.75, 3.05) is 40.3 Å². The average Bonchev–Trinajstić information content (AvgIpc) is 3.08. The second-order valence-corrected chi connectivity index (χ2v) is 6.46. The summed E-state index contributed by atoms with van der Waals surface area (Å²) < 4.78 is 5.88. The van der Waals surface area contributed by atoms with Gasteiger partial charge in [-0.1, -0.05) is 6.07 Å². The van der Waals surface area contributed by atoms with Gasteiger partial charge in [0.2, 0.25) is 0 Å². The molecule has 1 amide bonds. The van der Waals surface area contributed by atoms with Crippen LogP contribution in [0, 0.1) is 23.2 Å². The van der Waals surface area contributed by atoms with Crippen LogP contribution in [0.15, 0.2) is 24.3 Å². The Morgan fingerprint density at radius 1 is 1.45 bits per heavy atom. The summed E-state index contributed by atoms with van der Waals surface area (Å²) in [6.45, 7) is 3.19. The second-order valence-electron chi connectivity index (χ2n) is 6.46. The molecule has 3 atom stereocenters. The molecule has 0 bridgehead atoms. The van der Waals surface area contributed by atoms with E-state index in [1.54, 1.807) is 24.3 Å². The van der Waals surface area contributed by atoms with Gasteiger partial charge in [-0.2, -0.15) is 5.26 Å². The predicted molar refractivity (Wildman–Crippen MR) is 82.3 cm³/mol. The molecule has 22 heavy (non-hydrogen) atoms. The normalized spacial score (nSPS) is 27.0. The smallest absolute Gasteiger partial charge is 0.253 e. The molecule has 0 saturated carbocycles. The first-order valence-electron chi connectivity index (χ1n) is 7.64. The van der Waals surface area contributed by atoms with E-state index in [0.717, 1.165) is 19.7 Å². The number of amides is 1. The standard InChI is InChI=1S/C17H21N3O2/c1-19(2)8-14-11-22-16-10-20(9-15(14)16)17(21)13-5-3-4-12(6-13)7-18/h3-6,14-16H,8-11H2,1-2H3/t14-,15-,16-/m1/s1. The number of carbonyl (C=O) groups is 1. The fourth-order valence-electron chi connectivity index (χ4n) is 3.53. The lowest BCUT2D eigenvalue weighted by Crippen LogP contribution is -2.33. The third-order valence-corrected chi connectivity index (χ3v) is 4.56. The van der Waals surface area contributed by atoms with E-state index in [4.69, 9.17) is 10.00 Å². The van der Waals surface area contributed by atoms with E-state index < -0.39 is 0 Å². The largest absolute Gasteiger partial charge is 0.376 e. The minimum Gasteiger partial charge on any atom is -0.376 e. The number of benzene rings is 1. The van der Waals surface area contributed by atoms with Crippen molar-refractivity contribution in [3.05, 3.63) is 35.4 Å². The molecular formula is C17H21N3O2. The van der Waals surface area contributed by atoms with E-state index in [0.29, 0.717) is 29.5 Å². The number of rotatable bonds is 3. The van der Waals surface area contributed by atoms with Gasteiger partial charge in [0.15, 0.2) is 0 Å². The number of ether oxygens (including phenoxy) is 1. The molecule has 5 heteroatoms. The van der Waals surface area contributed by atoms with Crippen LogP contribution in [0.2, 0.25) is 0 Å². The van der Waals surface area contributed by atoms with Crippen molar-refractivity contribution in [1.29, 1.82) is 5.26 Å². The van der Waals surface area contributed by atoms with Crippen molar-refractivity contribution in [2.24, 2.45) is 11.8 Å². The molecule has 2 heterocycles. The quantitative estimate of drug-likeness (QED) is 0.842. The first-order valence-corrected chi connectivity index (χ1v) is 7.64. The van der Waals surface area contributed by atoms with Crippen LogP contribution in [0.5, 0.6) is 0 Å². The summed E-state index contributed by atoms with van der Waals surface area (Å²) in [6.07, 6.45) is 0.160. The van der Waals surface area contributed by atoms with Gasteiger partial charge in [-0.15, -0.1) is 0 Å². The van der Waals surface area contributed by atoms with Gasteiger partial charge >= 0.3 is 0 Å². The molecule has 116 valence electrons. The lowest BCUT2D eigenvalue weighted by atomic mass is 9.93. The molecule has 0 spiro atoms. The van der Waals surface area contributed by atoms with Gasteiger partial charge in [0, 0.05) is 37.0 Å². The first-order chi connectivity index (χ1) is 10.6. The molecule has 1 aromatic rings. The summed E-state index contributed by atoms with van der Waals surface area (Å²) in [7, 11) is 4.14. The van der Waals surface area contributed by atoms with Crippen molar-refractivity contribution in [3.63, 3.8) is 0 Å². The summed E-state index contributed by atoms with van der Waals surface area (Å²) in [4.78, 5) is 16.7. The summed E-state index contributed by atoms with van der Waals surface area (Å²) in [5, 5.41) is 8.96. The van der Waals surface area contributed by atoms with Crippen molar-refractivity contribution >= 4 is 5.91 Å². The highest BCUT2D eigenvalue weighted by Gasteiger charge is 2.45. The summed E-state index contributed by atoms with van der Waals surface area (Å²) in [5.41, 5.74) is 1.11. The summed E-state index contributed by atoms with van der Waals surface area (Å²) >= 11 is 0. The molecule has 0 N–H and O–H groups in total. The van der Waals surface area contributed by atoms with E-state index in [1.807, 2.05) is 4.90 Å². The number of carbonyl (C=O) groups excluding carboxylic acids is 1. The van der Waals surface area contributed by atoms with Crippen molar-refractivity contribution < 1.29 is 9.53 Å². The molecule has 5 nitrogen and oxygen atoms in total. The maximum absolute atomic E-state index is 12.6. The van der Waals surface area contributed by atoms with Crippen LogP contribution in [-0.4, -0.2) is 62.1 Å². The zero-order valence-electron chi connectivity index (χ0n) is 13.0. The zero-order chi connectivity index (χ0) is 15.7. The molecule has 0 unspecified atom stereocenters. The lowest BCUT2D eigenvalue weighted by Gasteiger charge is -2.22. The van der Waals surface area contributed by atoms with Gasteiger partial charge in [-0.25, -0.2) is 0 Å². The van der Waals surface area contributed by atoms with Crippen molar-refractivity contribution in [3.8, 4) is 6.07 Å². The zero-order valence-corrected chi connectivity index (χ0v) is 13.0. The van der Waals surface area contributed by atoms with Crippen LogP contribution < -0.4 is 0 Å². The minimum absolute atomic E-state index is 0.00120. The Bertz CT molecular complexity index is 608. The van der Waals surface area contributed by atoms with E-state index in [-0.39, 0.29) is 12.0 Å². The number of fused-ring (bicyclic) bond motifs is 1. The fraction of sp³-hybridized carbons (Fsp3) is 0.529. The fourth-order valence-corrected chi connectivity index (χ4v) is 3.53. The Balaban J connectivity index is 1.70. The number of hydrogen-bond acceptors (Lipinski definition) is 4. The number of nitriles is 1. The van der Waals surface area contributed by atoms with Crippen LogP contribution in [0.4, 0.5) is 0 Å². The minimum atomic E-state index is -0.00120. The SMILES string of the molecule is CN(C)C[C@@H]1CO[C@@H]2CN(C(=O)c3cccc(C#N)c3)C[C@H]12. The molecule has 0 aromatic heterocycles. The van der Waals surface area contributed by atoms with E-state index in [2.05, 4.69) is 25.1 Å². The highest BCUT2D eigenvalue weighted by Crippen LogP contribution is 2.34. The Kier molecular flexibility index (Phi) is 4.14. The molecule has 0 radical (unpaired) electrons. The van der Waals surface area contributed by atoms with Crippen LogP contribution in [-0.2, 0) is 4.74 Å². The molecular weight excluding hydrogens is 278 g/mol. The monoisotopic (exact) mass is 299 g/mol. The number of nitrogens with zero attached hydrogens (tertiary/aromatic N) is 3. The van der Waals surface area contributed by atoms with Gasteiger partial charge in [-0.3, -0.25) is 4.79 Å². The Morgan fingerprint density at radius 3 is 3.00 bits per heavy atom. The van der Waals surface area contributed by atoms with E-state index in [9.17, 15) is 4.79 Å². The Morgan fingerprint density at radius 2 is 2.27 bits per heavy atom. The number of likely N-dealkylation sites (tertiary alicyclic amines) is 1. The third kappa shape index (κ3) is 2.85. The topological polar surface area (TPSA) is 56.6 Å². The van der Waals surface area contributed by atoms with Crippen LogP contribution in [0.3, 0.4) is 0 Å². The van der Waals surface area contributed by atoms with E-state index in [1.165, 1.54) is 0 Å². The average molecular weight is 299 g/mol. The van der Waals surface area contributed by atoms with Crippen LogP contribution in [0.25, 0.3) is 0 Å². The second kappa shape index (κ2) is 6.07. The molecule has 3 rings (SSSR count). The van der Waals surface area contributed by atoms with Crippen LogP contribution >= 0.6 is 0 Å². The van der Waals surface area contributed by atoms with E-state index >= 15 is 0 Å². The van der Waals surface area contributed by atoms with Crippen LogP contribution in [0.1, 0.15) is 15.9 Å². The highest BCUT2D eigenvalue weighted by molar-refractivity contribution is 5.94. The molecule has 0 aliphatic carbocycles. The van der Waals surface area contributed by atoms with Gasteiger partial charge in [0.1, 0.15) is 0 Å². The predicted octanol–water partition coefficient (Wildman–Crippen LogP) is 1.21. The summed E-state index contributed by atoms with van der Waals surface area (Å²) in [5.74, 6) is 0.910. The first kappa shape index (κ1) is 15.0. The Labute approximate surface area is 131 Å².